The Labute approximate surface area is 150 Å². The van der Waals surface area contributed by atoms with Crippen molar-refractivity contribution in [2.75, 3.05) is 0 Å². The molecule has 4 nitrogen and oxygen atoms in total. The van der Waals surface area contributed by atoms with E-state index in [-0.39, 0.29) is 5.56 Å². The van der Waals surface area contributed by atoms with E-state index in [4.69, 9.17) is 0 Å². The van der Waals surface area contributed by atoms with Gasteiger partial charge < -0.3 is 0 Å². The molecule has 6 heteroatoms. The average molecular weight is 398 g/mol. The normalized spacial score (nSPS) is 12.2. The molecule has 0 saturated carbocycles. The lowest BCUT2D eigenvalue weighted by Crippen LogP contribution is -2.23. The standard InChI is InChI=1S/C18H12BrN3OS/c1-11-2-6-13(7-3-11)16-20-21-18-22(16)17(23)15(24-18)10-12-4-8-14(19)9-5-12/h2-10H,1H3/b15-10+. The van der Waals surface area contributed by atoms with Crippen LogP contribution in [0.15, 0.2) is 57.8 Å². The van der Waals surface area contributed by atoms with Gasteiger partial charge in [-0.3, -0.25) is 4.79 Å². The predicted octanol–water partition coefficient (Wildman–Crippen LogP) is 3.44. The molecule has 2 heterocycles. The Hall–Kier alpha value is -2.31. The fourth-order valence-electron chi connectivity index (χ4n) is 2.46. The minimum absolute atomic E-state index is 0.0847. The minimum atomic E-state index is -0.0847. The van der Waals surface area contributed by atoms with Crippen LogP contribution in [0.4, 0.5) is 0 Å². The van der Waals surface area contributed by atoms with Gasteiger partial charge in [0, 0.05) is 10.0 Å². The zero-order valence-corrected chi connectivity index (χ0v) is 15.1. The van der Waals surface area contributed by atoms with E-state index in [1.54, 1.807) is 4.40 Å². The molecule has 0 N–H and O–H groups in total. The average Bonchev–Trinajstić information content (AvgIpc) is 3.12. The first-order valence-electron chi connectivity index (χ1n) is 7.34. The molecular weight excluding hydrogens is 386 g/mol. The van der Waals surface area contributed by atoms with Crippen molar-refractivity contribution in [1.82, 2.24) is 14.6 Å². The lowest BCUT2D eigenvalue weighted by Gasteiger charge is -1.97. The van der Waals surface area contributed by atoms with Crippen molar-refractivity contribution in [3.05, 3.63) is 79.0 Å². The second kappa shape index (κ2) is 5.96. The molecule has 0 amide bonds. The van der Waals surface area contributed by atoms with Crippen LogP contribution in [-0.2, 0) is 0 Å². The van der Waals surface area contributed by atoms with Crippen LogP contribution in [0, 0.1) is 6.92 Å². The fourth-order valence-corrected chi connectivity index (χ4v) is 3.64. The third kappa shape index (κ3) is 2.68. The number of fused-ring (bicyclic) bond motifs is 1. The number of hydrogen-bond acceptors (Lipinski definition) is 4. The minimum Gasteiger partial charge on any atom is -0.267 e. The molecule has 0 fully saturated rings. The molecule has 0 bridgehead atoms. The Morgan fingerprint density at radius 2 is 1.75 bits per heavy atom. The summed E-state index contributed by atoms with van der Waals surface area (Å²) < 4.78 is 3.24. The highest BCUT2D eigenvalue weighted by Gasteiger charge is 2.13. The molecule has 4 aromatic rings. The van der Waals surface area contributed by atoms with Crippen molar-refractivity contribution >= 4 is 38.3 Å². The third-order valence-electron chi connectivity index (χ3n) is 3.73. The van der Waals surface area contributed by atoms with Crippen molar-refractivity contribution in [2.24, 2.45) is 0 Å². The number of nitrogens with zero attached hydrogens (tertiary/aromatic N) is 3. The van der Waals surface area contributed by atoms with Gasteiger partial charge in [-0.1, -0.05) is 69.2 Å². The van der Waals surface area contributed by atoms with Gasteiger partial charge in [-0.2, -0.15) is 0 Å². The van der Waals surface area contributed by atoms with Gasteiger partial charge in [-0.05, 0) is 30.7 Å². The summed E-state index contributed by atoms with van der Waals surface area (Å²) in [5.41, 5.74) is 2.94. The number of benzene rings is 2. The molecular formula is C18H12BrN3OS. The zero-order chi connectivity index (χ0) is 16.7. The highest BCUT2D eigenvalue weighted by atomic mass is 79.9. The first-order valence-corrected chi connectivity index (χ1v) is 8.95. The van der Waals surface area contributed by atoms with E-state index in [1.165, 1.54) is 11.3 Å². The van der Waals surface area contributed by atoms with Crippen LogP contribution in [-0.4, -0.2) is 14.6 Å². The van der Waals surface area contributed by atoms with Crippen LogP contribution >= 0.6 is 27.3 Å². The van der Waals surface area contributed by atoms with Gasteiger partial charge in [-0.15, -0.1) is 10.2 Å². The maximum absolute atomic E-state index is 12.8. The second-order valence-corrected chi connectivity index (χ2v) is 7.40. The highest BCUT2D eigenvalue weighted by molar-refractivity contribution is 9.10. The lowest BCUT2D eigenvalue weighted by atomic mass is 10.1. The Bertz CT molecular complexity index is 1130. The number of hydrogen-bond donors (Lipinski definition) is 0. The first kappa shape index (κ1) is 15.2. The van der Waals surface area contributed by atoms with Crippen LogP contribution in [0.1, 0.15) is 11.1 Å². The molecule has 0 aliphatic carbocycles. The predicted molar refractivity (Wildman–Crippen MR) is 100 cm³/mol. The number of rotatable bonds is 2. The van der Waals surface area contributed by atoms with Crippen LogP contribution in [0.25, 0.3) is 22.4 Å². The fraction of sp³-hybridized carbons (Fsp3) is 0.0556. The highest BCUT2D eigenvalue weighted by Crippen LogP contribution is 2.18. The number of aromatic nitrogens is 3. The molecule has 0 aliphatic rings. The summed E-state index contributed by atoms with van der Waals surface area (Å²) >= 11 is 4.76. The molecule has 2 aromatic carbocycles. The Morgan fingerprint density at radius 1 is 1.04 bits per heavy atom. The third-order valence-corrected chi connectivity index (χ3v) is 5.21. The topological polar surface area (TPSA) is 47.3 Å². The van der Waals surface area contributed by atoms with Gasteiger partial charge in [0.15, 0.2) is 5.82 Å². The monoisotopic (exact) mass is 397 g/mol. The van der Waals surface area contributed by atoms with Gasteiger partial charge in [0.1, 0.15) is 0 Å². The van der Waals surface area contributed by atoms with E-state index < -0.39 is 0 Å². The lowest BCUT2D eigenvalue weighted by molar-refractivity contribution is 1.09. The first-order chi connectivity index (χ1) is 11.6. The smallest absolute Gasteiger partial charge is 0.267 e. The molecule has 4 rings (SSSR count). The van der Waals surface area contributed by atoms with Crippen molar-refractivity contribution in [2.45, 2.75) is 6.92 Å². The van der Waals surface area contributed by atoms with Crippen molar-refractivity contribution in [3.63, 3.8) is 0 Å². The van der Waals surface area contributed by atoms with E-state index in [9.17, 15) is 4.79 Å². The number of aryl methyl sites for hydroxylation is 1. The molecule has 2 aromatic heterocycles. The van der Waals surface area contributed by atoms with Crippen LogP contribution in [0.2, 0.25) is 0 Å². The molecule has 0 radical (unpaired) electrons. The van der Waals surface area contributed by atoms with Crippen molar-refractivity contribution < 1.29 is 0 Å². The molecule has 24 heavy (non-hydrogen) atoms. The Balaban J connectivity index is 1.89. The zero-order valence-electron chi connectivity index (χ0n) is 12.7. The maximum atomic E-state index is 12.8. The number of halogens is 1. The van der Waals surface area contributed by atoms with E-state index in [0.717, 1.165) is 21.2 Å². The van der Waals surface area contributed by atoms with Crippen LogP contribution in [0.5, 0.6) is 0 Å². The van der Waals surface area contributed by atoms with Crippen molar-refractivity contribution in [3.8, 4) is 11.4 Å². The number of thiazole rings is 1. The summed E-state index contributed by atoms with van der Waals surface area (Å²) in [6, 6.07) is 15.8. The Kier molecular flexibility index (Phi) is 3.78. The summed E-state index contributed by atoms with van der Waals surface area (Å²) in [4.78, 5) is 13.4. The van der Waals surface area contributed by atoms with E-state index in [0.29, 0.717) is 15.3 Å². The summed E-state index contributed by atoms with van der Waals surface area (Å²) in [7, 11) is 0. The van der Waals surface area contributed by atoms with Crippen molar-refractivity contribution in [1.29, 1.82) is 0 Å². The van der Waals surface area contributed by atoms with Crippen LogP contribution in [0.3, 0.4) is 0 Å². The summed E-state index contributed by atoms with van der Waals surface area (Å²) in [6.45, 7) is 2.03. The van der Waals surface area contributed by atoms with E-state index >= 15 is 0 Å². The van der Waals surface area contributed by atoms with E-state index in [1.807, 2.05) is 61.5 Å². The largest absolute Gasteiger partial charge is 0.276 e. The molecule has 0 saturated heterocycles. The summed E-state index contributed by atoms with van der Waals surface area (Å²) in [5.74, 6) is 0.585. The van der Waals surface area contributed by atoms with Gasteiger partial charge >= 0.3 is 0 Å². The van der Waals surface area contributed by atoms with Gasteiger partial charge in [0.25, 0.3) is 5.56 Å². The second-order valence-electron chi connectivity index (χ2n) is 5.47. The summed E-state index contributed by atoms with van der Waals surface area (Å²) in [6.07, 6.45) is 1.88. The van der Waals surface area contributed by atoms with Gasteiger partial charge in [0.2, 0.25) is 4.96 Å². The SMILES string of the molecule is Cc1ccc(-c2nnc3s/c(=C/c4ccc(Br)cc4)c(=O)n23)cc1. The summed E-state index contributed by atoms with van der Waals surface area (Å²) in [5, 5.41) is 8.34. The molecule has 0 spiro atoms. The van der Waals surface area contributed by atoms with Gasteiger partial charge in [0.05, 0.1) is 4.53 Å². The van der Waals surface area contributed by atoms with Gasteiger partial charge in [-0.25, -0.2) is 4.40 Å². The molecule has 0 atom stereocenters. The quantitative estimate of drug-likeness (QED) is 0.520. The van der Waals surface area contributed by atoms with E-state index in [2.05, 4.69) is 26.1 Å². The maximum Gasteiger partial charge on any atom is 0.276 e. The molecule has 0 aliphatic heterocycles. The van der Waals surface area contributed by atoms with Crippen LogP contribution < -0.4 is 10.1 Å². The molecule has 0 unspecified atom stereocenters. The Morgan fingerprint density at radius 3 is 2.46 bits per heavy atom. The molecule has 118 valence electrons.